The van der Waals surface area contributed by atoms with Gasteiger partial charge in [0.25, 0.3) is 0 Å². The van der Waals surface area contributed by atoms with E-state index in [4.69, 9.17) is 9.52 Å². The molecular formula is C10H9N3O4. The molecule has 1 aliphatic rings. The molecule has 0 amide bonds. The van der Waals surface area contributed by atoms with Gasteiger partial charge in [-0.3, -0.25) is 5.10 Å². The van der Waals surface area contributed by atoms with Crippen molar-refractivity contribution in [1.82, 2.24) is 15.2 Å². The normalized spacial score (nSPS) is 17.6. The number of fused-ring (bicyclic) bond motifs is 3. The van der Waals surface area contributed by atoms with Crippen LogP contribution >= 0.6 is 0 Å². The minimum absolute atomic E-state index is 0.00713. The van der Waals surface area contributed by atoms with Crippen LogP contribution < -0.4 is 0 Å². The Morgan fingerprint density at radius 1 is 1.59 bits per heavy atom. The van der Waals surface area contributed by atoms with E-state index >= 15 is 0 Å². The summed E-state index contributed by atoms with van der Waals surface area (Å²) in [5.74, 6) is -0.792. The number of nitrogens with zero attached hydrogens (tertiary/aromatic N) is 2. The molecule has 0 aliphatic heterocycles. The summed E-state index contributed by atoms with van der Waals surface area (Å²) < 4.78 is 5.19. The molecule has 0 spiro atoms. The first-order chi connectivity index (χ1) is 8.22. The highest BCUT2D eigenvalue weighted by atomic mass is 16.4. The zero-order valence-electron chi connectivity index (χ0n) is 8.67. The standard InChI is InChI=1S/C10H9N3O4/c14-2-4-1-5-7(11-3-17-5)8-6(4)9(10(15)16)13-12-8/h3-4,14H,1-2H2,(H,12,13)(H,15,16). The molecule has 1 atom stereocenters. The van der Waals surface area contributed by atoms with Crippen molar-refractivity contribution in [2.45, 2.75) is 12.3 Å². The lowest BCUT2D eigenvalue weighted by molar-refractivity contribution is 0.0688. The quantitative estimate of drug-likeness (QED) is 0.694. The fourth-order valence-corrected chi connectivity index (χ4v) is 2.18. The fourth-order valence-electron chi connectivity index (χ4n) is 2.18. The van der Waals surface area contributed by atoms with Crippen LogP contribution in [-0.2, 0) is 6.42 Å². The monoisotopic (exact) mass is 235 g/mol. The summed E-state index contributed by atoms with van der Waals surface area (Å²) in [5, 5.41) is 24.8. The van der Waals surface area contributed by atoms with Crippen LogP contribution in [0.4, 0.5) is 0 Å². The van der Waals surface area contributed by atoms with Crippen LogP contribution in [0, 0.1) is 0 Å². The Balaban J connectivity index is 2.24. The topological polar surface area (TPSA) is 112 Å². The first-order valence-corrected chi connectivity index (χ1v) is 5.07. The number of hydrogen-bond donors (Lipinski definition) is 3. The predicted octanol–water partition coefficient (Wildman–Crippen LogP) is 0.395. The lowest BCUT2D eigenvalue weighted by Crippen LogP contribution is -2.16. The molecule has 2 aromatic heterocycles. The first kappa shape index (κ1) is 10.0. The van der Waals surface area contributed by atoms with Gasteiger partial charge in [0.05, 0.1) is 6.61 Å². The lowest BCUT2D eigenvalue weighted by atomic mass is 9.87. The van der Waals surface area contributed by atoms with Crippen molar-refractivity contribution in [2.24, 2.45) is 0 Å². The van der Waals surface area contributed by atoms with E-state index in [9.17, 15) is 9.90 Å². The van der Waals surface area contributed by atoms with E-state index in [2.05, 4.69) is 15.2 Å². The summed E-state index contributed by atoms with van der Waals surface area (Å²) in [6.45, 7) is -0.160. The zero-order chi connectivity index (χ0) is 12.0. The number of carboxylic acid groups (broad SMARTS) is 1. The minimum Gasteiger partial charge on any atom is -0.477 e. The van der Waals surface area contributed by atoms with Crippen LogP contribution in [0.5, 0.6) is 0 Å². The fraction of sp³-hybridized carbons (Fsp3) is 0.300. The molecule has 7 heteroatoms. The van der Waals surface area contributed by atoms with Gasteiger partial charge in [0, 0.05) is 17.9 Å². The van der Waals surface area contributed by atoms with E-state index < -0.39 is 5.97 Å². The molecule has 0 saturated carbocycles. The molecule has 17 heavy (non-hydrogen) atoms. The maximum Gasteiger partial charge on any atom is 0.354 e. The SMILES string of the molecule is O=C(O)c1[nH]nc2c1C(CO)Cc1ocnc1-2. The molecule has 1 unspecified atom stereocenters. The van der Waals surface area contributed by atoms with Crippen molar-refractivity contribution in [3.05, 3.63) is 23.4 Å². The van der Waals surface area contributed by atoms with Crippen LogP contribution in [0.15, 0.2) is 10.8 Å². The van der Waals surface area contributed by atoms with E-state index in [0.717, 1.165) is 0 Å². The molecule has 88 valence electrons. The van der Waals surface area contributed by atoms with Gasteiger partial charge >= 0.3 is 5.97 Å². The number of rotatable bonds is 2. The number of aromatic carboxylic acids is 1. The predicted molar refractivity (Wildman–Crippen MR) is 54.6 cm³/mol. The van der Waals surface area contributed by atoms with Crippen LogP contribution in [0.1, 0.15) is 27.7 Å². The summed E-state index contributed by atoms with van der Waals surface area (Å²) in [6.07, 6.45) is 1.72. The highest BCUT2D eigenvalue weighted by molar-refractivity contribution is 5.90. The van der Waals surface area contributed by atoms with Crippen LogP contribution in [-0.4, -0.2) is 38.0 Å². The summed E-state index contributed by atoms with van der Waals surface area (Å²) in [7, 11) is 0. The lowest BCUT2D eigenvalue weighted by Gasteiger charge is -2.18. The van der Waals surface area contributed by atoms with Gasteiger partial charge in [-0.25, -0.2) is 9.78 Å². The average molecular weight is 235 g/mol. The smallest absolute Gasteiger partial charge is 0.354 e. The van der Waals surface area contributed by atoms with Crippen molar-refractivity contribution >= 4 is 5.97 Å². The number of aliphatic hydroxyl groups is 1. The van der Waals surface area contributed by atoms with Crippen molar-refractivity contribution in [2.75, 3.05) is 6.61 Å². The van der Waals surface area contributed by atoms with Crippen molar-refractivity contribution in [1.29, 1.82) is 0 Å². The van der Waals surface area contributed by atoms with Crippen LogP contribution in [0.2, 0.25) is 0 Å². The average Bonchev–Trinajstić information content (AvgIpc) is 2.93. The molecule has 0 fully saturated rings. The number of nitrogens with one attached hydrogen (secondary N) is 1. The number of carbonyl (C=O) groups is 1. The Morgan fingerprint density at radius 2 is 2.41 bits per heavy atom. The molecule has 7 nitrogen and oxygen atoms in total. The maximum atomic E-state index is 11.0. The molecule has 2 heterocycles. The number of oxazole rings is 1. The second-order valence-electron chi connectivity index (χ2n) is 3.87. The molecule has 0 aromatic carbocycles. The second kappa shape index (κ2) is 3.42. The molecular weight excluding hydrogens is 226 g/mol. The van der Waals surface area contributed by atoms with Crippen molar-refractivity contribution in [3.8, 4) is 11.4 Å². The molecule has 1 aliphatic carbocycles. The van der Waals surface area contributed by atoms with Gasteiger partial charge in [-0.2, -0.15) is 5.10 Å². The number of carboxylic acids is 1. The maximum absolute atomic E-state index is 11.0. The molecule has 2 aromatic rings. The van der Waals surface area contributed by atoms with Gasteiger partial charge in [0.1, 0.15) is 22.8 Å². The molecule has 3 N–H and O–H groups in total. The van der Waals surface area contributed by atoms with Crippen LogP contribution in [0.3, 0.4) is 0 Å². The summed E-state index contributed by atoms with van der Waals surface area (Å²) in [4.78, 5) is 15.1. The minimum atomic E-state index is -1.09. The Labute approximate surface area is 95.1 Å². The van der Waals surface area contributed by atoms with Gasteiger partial charge < -0.3 is 14.6 Å². The number of H-pyrrole nitrogens is 1. The molecule has 0 radical (unpaired) electrons. The largest absolute Gasteiger partial charge is 0.477 e. The Hall–Kier alpha value is -2.15. The van der Waals surface area contributed by atoms with E-state index in [-0.39, 0.29) is 18.2 Å². The molecule has 0 bridgehead atoms. The Morgan fingerprint density at radius 3 is 3.12 bits per heavy atom. The van der Waals surface area contributed by atoms with E-state index in [1.807, 2.05) is 0 Å². The Bertz CT molecular complexity index is 586. The molecule has 0 saturated heterocycles. The van der Waals surface area contributed by atoms with Gasteiger partial charge in [-0.15, -0.1) is 0 Å². The Kier molecular flexibility index (Phi) is 2.02. The number of aromatic amines is 1. The van der Waals surface area contributed by atoms with E-state index in [1.165, 1.54) is 6.39 Å². The van der Waals surface area contributed by atoms with Gasteiger partial charge in [0.15, 0.2) is 6.39 Å². The van der Waals surface area contributed by atoms with Crippen LogP contribution in [0.25, 0.3) is 11.4 Å². The van der Waals surface area contributed by atoms with E-state index in [0.29, 0.717) is 29.1 Å². The summed E-state index contributed by atoms with van der Waals surface area (Å²) in [6, 6.07) is 0. The number of aliphatic hydroxyl groups excluding tert-OH is 1. The third-order valence-corrected chi connectivity index (χ3v) is 2.94. The van der Waals surface area contributed by atoms with Gasteiger partial charge in [0.2, 0.25) is 0 Å². The zero-order valence-corrected chi connectivity index (χ0v) is 8.67. The van der Waals surface area contributed by atoms with Crippen molar-refractivity contribution in [3.63, 3.8) is 0 Å². The third kappa shape index (κ3) is 1.29. The number of hydrogen-bond acceptors (Lipinski definition) is 5. The summed E-state index contributed by atoms with van der Waals surface area (Å²) in [5.41, 5.74) is 1.51. The third-order valence-electron chi connectivity index (χ3n) is 2.94. The summed E-state index contributed by atoms with van der Waals surface area (Å²) >= 11 is 0. The van der Waals surface area contributed by atoms with Crippen molar-refractivity contribution < 1.29 is 19.4 Å². The second-order valence-corrected chi connectivity index (χ2v) is 3.87. The first-order valence-electron chi connectivity index (χ1n) is 5.07. The highest BCUT2D eigenvalue weighted by Gasteiger charge is 2.34. The number of aromatic nitrogens is 3. The van der Waals surface area contributed by atoms with Gasteiger partial charge in [-0.1, -0.05) is 0 Å². The van der Waals surface area contributed by atoms with E-state index in [1.54, 1.807) is 0 Å². The highest BCUT2D eigenvalue weighted by Crippen LogP contribution is 2.38. The van der Waals surface area contributed by atoms with Gasteiger partial charge in [-0.05, 0) is 0 Å². The molecule has 3 rings (SSSR count).